The lowest BCUT2D eigenvalue weighted by Crippen LogP contribution is -2.23. The Kier molecular flexibility index (Phi) is 5.68. The van der Waals surface area contributed by atoms with Gasteiger partial charge < -0.3 is 9.40 Å². The molecule has 0 saturated heterocycles. The first-order valence-electron chi connectivity index (χ1n) is 6.22. The van der Waals surface area contributed by atoms with E-state index in [-0.39, 0.29) is 5.17 Å². The van der Waals surface area contributed by atoms with Gasteiger partial charge in [-0.15, -0.1) is 0 Å². The van der Waals surface area contributed by atoms with Gasteiger partial charge in [0.15, 0.2) is 0 Å². The molecule has 8 heteroatoms. The van der Waals surface area contributed by atoms with Gasteiger partial charge in [-0.05, 0) is 23.8 Å². The summed E-state index contributed by atoms with van der Waals surface area (Å²) in [5.41, 5.74) is 1.35. The van der Waals surface area contributed by atoms with Crippen LogP contribution in [0.2, 0.25) is 5.15 Å². The molecule has 0 atom stereocenters. The summed E-state index contributed by atoms with van der Waals surface area (Å²) in [6.07, 6.45) is 3.45. The molecule has 1 amide bonds. The molecule has 0 aliphatic carbocycles. The Labute approximate surface area is 136 Å². The minimum atomic E-state index is -0.683. The lowest BCUT2D eigenvalue weighted by Gasteiger charge is -2.07. The molecule has 6 nitrogen and oxygen atoms in total. The second-order valence-electron chi connectivity index (χ2n) is 4.16. The fourth-order valence-corrected chi connectivity index (χ4v) is 1.89. The molecule has 0 bridgehead atoms. The molecule has 2 heterocycles. The summed E-state index contributed by atoms with van der Waals surface area (Å²) in [6.45, 7) is 0.482. The Hall–Kier alpha value is -2.18. The third kappa shape index (κ3) is 4.41. The molecule has 2 aromatic rings. The van der Waals surface area contributed by atoms with Crippen molar-refractivity contribution in [2.24, 2.45) is 10.1 Å². The lowest BCUT2D eigenvalue weighted by atomic mass is 10.3. The smallest absolute Gasteiger partial charge is 0.312 e. The van der Waals surface area contributed by atoms with Crippen LogP contribution in [-0.2, 0) is 16.2 Å². The van der Waals surface area contributed by atoms with Crippen molar-refractivity contribution in [3.63, 3.8) is 0 Å². The molecular formula is C14H12Cl2N4O2. The first-order valence-corrected chi connectivity index (χ1v) is 6.97. The third-order valence-corrected chi connectivity index (χ3v) is 3.08. The Morgan fingerprint density at radius 3 is 2.86 bits per heavy atom. The normalized spacial score (nSPS) is 12.3. The second kappa shape index (κ2) is 7.72. The van der Waals surface area contributed by atoms with Crippen LogP contribution in [0.3, 0.4) is 0 Å². The quantitative estimate of drug-likeness (QED) is 0.487. The minimum absolute atomic E-state index is 0.342. The number of halogens is 2. The van der Waals surface area contributed by atoms with Crippen LogP contribution in [-0.4, -0.2) is 27.7 Å². The number of carbonyl (C=O) groups is 1. The fraction of sp³-hybridized carbons (Fsp3) is 0.143. The molecule has 0 fully saturated rings. The third-order valence-electron chi connectivity index (χ3n) is 2.62. The summed E-state index contributed by atoms with van der Waals surface area (Å²) in [5.74, 6) is -0.683. The second-order valence-corrected chi connectivity index (χ2v) is 4.90. The van der Waals surface area contributed by atoms with Crippen molar-refractivity contribution >= 4 is 34.3 Å². The van der Waals surface area contributed by atoms with Gasteiger partial charge in [0.05, 0.1) is 6.54 Å². The van der Waals surface area contributed by atoms with Gasteiger partial charge in [0.25, 0.3) is 0 Å². The lowest BCUT2D eigenvalue weighted by molar-refractivity contribution is -0.112. The van der Waals surface area contributed by atoms with Crippen LogP contribution in [0.25, 0.3) is 0 Å². The largest absolute Gasteiger partial charge is 0.398 e. The molecule has 0 saturated carbocycles. The van der Waals surface area contributed by atoms with E-state index in [1.807, 2.05) is 12.1 Å². The van der Waals surface area contributed by atoms with Crippen LogP contribution in [0.1, 0.15) is 5.56 Å². The topological polar surface area (TPSA) is 68.8 Å². The Morgan fingerprint density at radius 2 is 2.18 bits per heavy atom. The average Bonchev–Trinajstić information content (AvgIpc) is 2.51. The van der Waals surface area contributed by atoms with Crippen LogP contribution < -0.4 is 5.49 Å². The fourth-order valence-electron chi connectivity index (χ4n) is 1.67. The molecule has 2 aromatic heterocycles. The van der Waals surface area contributed by atoms with Crippen LogP contribution in [0.5, 0.6) is 0 Å². The highest BCUT2D eigenvalue weighted by Crippen LogP contribution is 2.06. The molecule has 0 aliphatic heterocycles. The van der Waals surface area contributed by atoms with E-state index in [0.717, 1.165) is 5.56 Å². The Morgan fingerprint density at radius 1 is 1.36 bits per heavy atom. The molecule has 2 rings (SSSR count). The zero-order valence-corrected chi connectivity index (χ0v) is 13.1. The van der Waals surface area contributed by atoms with Gasteiger partial charge in [-0.2, -0.15) is 4.99 Å². The first-order chi connectivity index (χ1) is 10.6. The van der Waals surface area contributed by atoms with E-state index in [0.29, 0.717) is 17.2 Å². The van der Waals surface area contributed by atoms with Gasteiger partial charge in [0, 0.05) is 12.4 Å². The molecule has 0 aliphatic rings. The molecular weight excluding hydrogens is 327 g/mol. The van der Waals surface area contributed by atoms with E-state index in [9.17, 15) is 4.79 Å². The summed E-state index contributed by atoms with van der Waals surface area (Å²) in [6, 6.07) is 8.84. The van der Waals surface area contributed by atoms with Crippen molar-refractivity contribution in [1.29, 1.82) is 0 Å². The van der Waals surface area contributed by atoms with E-state index in [1.54, 1.807) is 35.2 Å². The van der Waals surface area contributed by atoms with Gasteiger partial charge in [-0.3, -0.25) is 4.79 Å². The van der Waals surface area contributed by atoms with E-state index in [1.165, 1.54) is 7.11 Å². The standard InChI is InChI=1S/C14H12Cl2N4O2/c1-22-19-13(16)14(21)18-12-4-2-3-7-20(12)9-10-5-6-11(15)17-8-10/h2-8H,9H2,1H3/b18-12?,19-13-. The monoisotopic (exact) mass is 338 g/mol. The van der Waals surface area contributed by atoms with E-state index >= 15 is 0 Å². The zero-order valence-electron chi connectivity index (χ0n) is 11.6. The van der Waals surface area contributed by atoms with Crippen LogP contribution in [0, 0.1) is 0 Å². The zero-order chi connectivity index (χ0) is 15.9. The highest BCUT2D eigenvalue weighted by molar-refractivity contribution is 6.82. The van der Waals surface area contributed by atoms with Crippen molar-refractivity contribution < 1.29 is 9.63 Å². The van der Waals surface area contributed by atoms with E-state index < -0.39 is 5.91 Å². The molecule has 0 unspecified atom stereocenters. The maximum Gasteiger partial charge on any atom is 0.312 e. The predicted octanol–water partition coefficient (Wildman–Crippen LogP) is 2.21. The maximum atomic E-state index is 11.8. The molecule has 22 heavy (non-hydrogen) atoms. The van der Waals surface area contributed by atoms with Gasteiger partial charge in [-0.25, -0.2) is 4.98 Å². The van der Waals surface area contributed by atoms with Crippen molar-refractivity contribution in [3.8, 4) is 0 Å². The van der Waals surface area contributed by atoms with Gasteiger partial charge >= 0.3 is 5.91 Å². The number of hydrogen-bond donors (Lipinski definition) is 0. The maximum absolute atomic E-state index is 11.8. The van der Waals surface area contributed by atoms with Crippen LogP contribution >= 0.6 is 23.2 Å². The number of aromatic nitrogens is 2. The molecule has 0 spiro atoms. The van der Waals surface area contributed by atoms with Crippen molar-refractivity contribution in [3.05, 3.63) is 58.9 Å². The highest BCUT2D eigenvalue weighted by Gasteiger charge is 2.08. The Bertz CT molecular complexity index is 754. The summed E-state index contributed by atoms with van der Waals surface area (Å²) in [7, 11) is 1.30. The summed E-state index contributed by atoms with van der Waals surface area (Å²) < 4.78 is 1.78. The summed E-state index contributed by atoms with van der Waals surface area (Å²) in [4.78, 5) is 24.2. The number of oxime groups is 1. The number of nitrogens with zero attached hydrogens (tertiary/aromatic N) is 4. The summed E-state index contributed by atoms with van der Waals surface area (Å²) in [5, 5.41) is 3.43. The van der Waals surface area contributed by atoms with Crippen molar-refractivity contribution in [2.45, 2.75) is 6.54 Å². The van der Waals surface area contributed by atoms with Crippen LogP contribution in [0.15, 0.2) is 52.9 Å². The van der Waals surface area contributed by atoms with Gasteiger partial charge in [0.2, 0.25) is 5.17 Å². The SMILES string of the molecule is CO/N=C(\Cl)C(=O)N=c1ccccn1Cc1ccc(Cl)nc1. The molecule has 0 radical (unpaired) electrons. The number of pyridine rings is 2. The van der Waals surface area contributed by atoms with E-state index in [4.69, 9.17) is 23.2 Å². The number of rotatable bonds is 4. The molecule has 0 N–H and O–H groups in total. The number of carbonyl (C=O) groups excluding carboxylic acids is 1. The van der Waals surface area contributed by atoms with Gasteiger partial charge in [0.1, 0.15) is 17.8 Å². The summed E-state index contributed by atoms with van der Waals surface area (Å²) >= 11 is 11.4. The highest BCUT2D eigenvalue weighted by atomic mass is 35.5. The average molecular weight is 339 g/mol. The number of hydrogen-bond acceptors (Lipinski definition) is 4. The molecule has 0 aromatic carbocycles. The van der Waals surface area contributed by atoms with Crippen molar-refractivity contribution in [2.75, 3.05) is 7.11 Å². The number of amides is 1. The van der Waals surface area contributed by atoms with Gasteiger partial charge in [-0.1, -0.05) is 40.5 Å². The first kappa shape index (κ1) is 16.2. The Balaban J connectivity index is 2.32. The van der Waals surface area contributed by atoms with E-state index in [2.05, 4.69) is 20.0 Å². The predicted molar refractivity (Wildman–Crippen MR) is 83.6 cm³/mol. The minimum Gasteiger partial charge on any atom is -0.398 e. The van der Waals surface area contributed by atoms with Crippen molar-refractivity contribution in [1.82, 2.24) is 9.55 Å². The molecule has 114 valence electrons. The van der Waals surface area contributed by atoms with Crippen LogP contribution in [0.4, 0.5) is 0 Å².